The average Bonchev–Trinajstić information content (AvgIpc) is 2.68. The minimum Gasteiger partial charge on any atom is -0.263 e. The van der Waals surface area contributed by atoms with Crippen LogP contribution in [0.4, 0.5) is 5.69 Å². The van der Waals surface area contributed by atoms with Crippen molar-refractivity contribution in [2.24, 2.45) is 0 Å². The highest BCUT2D eigenvalue weighted by Gasteiger charge is 2.31. The van der Waals surface area contributed by atoms with Gasteiger partial charge in [0.25, 0.3) is 5.69 Å². The highest BCUT2D eigenvalue weighted by molar-refractivity contribution is 7.97. The smallest absolute Gasteiger partial charge is 0.263 e. The highest BCUT2D eigenvalue weighted by Crippen LogP contribution is 2.26. The Kier molecular flexibility index (Phi) is 4.40. The van der Waals surface area contributed by atoms with Crippen molar-refractivity contribution in [1.82, 2.24) is 9.03 Å². The van der Waals surface area contributed by atoms with E-state index in [0.29, 0.717) is 25.4 Å². The molecule has 0 saturated carbocycles. The Morgan fingerprint density at radius 3 is 2.79 bits per heavy atom. The van der Waals surface area contributed by atoms with Crippen LogP contribution in [-0.2, 0) is 10.0 Å². The SMILES string of the molecule is O=[N+]([O-])c1ccccc1S(=O)(=O)N1CCNSCC1. The number of sulfonamides is 1. The van der Waals surface area contributed by atoms with Crippen molar-refractivity contribution in [1.29, 1.82) is 0 Å². The zero-order valence-electron chi connectivity index (χ0n) is 9.98. The first-order chi connectivity index (χ1) is 9.03. The number of rotatable bonds is 3. The van der Waals surface area contributed by atoms with Gasteiger partial charge in [-0.1, -0.05) is 24.1 Å². The predicted octanol–water partition coefficient (Wildman–Crippen LogP) is 0.837. The third-order valence-electron chi connectivity index (χ3n) is 2.69. The number of hydrogen-bond donors (Lipinski definition) is 1. The van der Waals surface area contributed by atoms with Crippen molar-refractivity contribution in [2.75, 3.05) is 25.4 Å². The Morgan fingerprint density at radius 1 is 1.32 bits per heavy atom. The molecule has 19 heavy (non-hydrogen) atoms. The number of para-hydroxylation sites is 1. The minimum absolute atomic E-state index is 0.244. The molecule has 1 aromatic rings. The molecule has 0 aromatic heterocycles. The van der Waals surface area contributed by atoms with Crippen LogP contribution < -0.4 is 4.72 Å². The molecular weight excluding hydrogens is 290 g/mol. The lowest BCUT2D eigenvalue weighted by Gasteiger charge is -2.19. The summed E-state index contributed by atoms with van der Waals surface area (Å²) in [5.74, 6) is 0.611. The summed E-state index contributed by atoms with van der Waals surface area (Å²) in [5, 5.41) is 10.9. The summed E-state index contributed by atoms with van der Waals surface area (Å²) in [4.78, 5) is 10.0. The number of nitrogens with one attached hydrogen (secondary N) is 1. The van der Waals surface area contributed by atoms with Gasteiger partial charge in [-0.3, -0.25) is 14.8 Å². The third kappa shape index (κ3) is 3.06. The Morgan fingerprint density at radius 2 is 2.05 bits per heavy atom. The summed E-state index contributed by atoms with van der Waals surface area (Å²) in [7, 11) is -3.82. The number of nitrogens with zero attached hydrogens (tertiary/aromatic N) is 2. The maximum absolute atomic E-state index is 12.4. The van der Waals surface area contributed by atoms with Gasteiger partial charge in [-0.2, -0.15) is 4.31 Å². The van der Waals surface area contributed by atoms with Crippen LogP contribution in [0.5, 0.6) is 0 Å². The predicted molar refractivity (Wildman–Crippen MR) is 72.3 cm³/mol. The zero-order valence-corrected chi connectivity index (χ0v) is 11.6. The van der Waals surface area contributed by atoms with E-state index < -0.39 is 14.9 Å². The number of hydrogen-bond acceptors (Lipinski definition) is 6. The monoisotopic (exact) mass is 303 g/mol. The van der Waals surface area contributed by atoms with E-state index in [0.717, 1.165) is 0 Å². The van der Waals surface area contributed by atoms with Gasteiger partial charge in [0.15, 0.2) is 4.90 Å². The van der Waals surface area contributed by atoms with E-state index in [-0.39, 0.29) is 10.6 Å². The van der Waals surface area contributed by atoms with Crippen LogP contribution >= 0.6 is 11.9 Å². The largest absolute Gasteiger partial charge is 0.289 e. The van der Waals surface area contributed by atoms with Crippen molar-refractivity contribution < 1.29 is 13.3 Å². The van der Waals surface area contributed by atoms with Crippen LogP contribution in [0.3, 0.4) is 0 Å². The molecule has 1 N–H and O–H groups in total. The molecule has 0 amide bonds. The van der Waals surface area contributed by atoms with Gasteiger partial charge in [-0.25, -0.2) is 8.42 Å². The van der Waals surface area contributed by atoms with Crippen molar-refractivity contribution >= 4 is 27.7 Å². The van der Waals surface area contributed by atoms with Crippen molar-refractivity contribution in [3.05, 3.63) is 34.4 Å². The third-order valence-corrected chi connectivity index (χ3v) is 5.43. The zero-order chi connectivity index (χ0) is 13.9. The molecule has 1 saturated heterocycles. The second-order valence-corrected chi connectivity index (χ2v) is 6.76. The Bertz CT molecular complexity index is 568. The maximum atomic E-state index is 12.4. The van der Waals surface area contributed by atoms with Crippen molar-refractivity contribution in [3.63, 3.8) is 0 Å². The number of nitro benzene ring substituents is 1. The summed E-state index contributed by atoms with van der Waals surface area (Å²) in [6, 6.07) is 5.43. The van der Waals surface area contributed by atoms with Crippen LogP contribution in [-0.4, -0.2) is 43.0 Å². The summed E-state index contributed by atoms with van der Waals surface area (Å²) >= 11 is 1.45. The lowest BCUT2D eigenvalue weighted by Crippen LogP contribution is -2.35. The molecule has 0 bridgehead atoms. The molecule has 7 nitrogen and oxygen atoms in total. The molecule has 1 fully saturated rings. The first-order valence-corrected chi connectivity index (χ1v) is 8.04. The van der Waals surface area contributed by atoms with E-state index in [2.05, 4.69) is 4.72 Å². The summed E-state index contributed by atoms with van der Waals surface area (Å²) in [5.41, 5.74) is -0.382. The number of nitro groups is 1. The van der Waals surface area contributed by atoms with Gasteiger partial charge in [-0.15, -0.1) is 0 Å². The summed E-state index contributed by atoms with van der Waals surface area (Å²) < 4.78 is 29.2. The van der Waals surface area contributed by atoms with Crippen LogP contribution in [0.25, 0.3) is 0 Å². The molecule has 9 heteroatoms. The molecule has 1 heterocycles. The van der Waals surface area contributed by atoms with Gasteiger partial charge in [0.2, 0.25) is 10.0 Å². The lowest BCUT2D eigenvalue weighted by molar-refractivity contribution is -0.387. The molecule has 104 valence electrons. The second-order valence-electron chi connectivity index (χ2n) is 3.87. The molecule has 1 aliphatic heterocycles. The molecular formula is C10H13N3O4S2. The molecule has 2 rings (SSSR count). The first kappa shape index (κ1) is 14.3. The lowest BCUT2D eigenvalue weighted by atomic mass is 10.3. The first-order valence-electron chi connectivity index (χ1n) is 5.61. The fraction of sp³-hybridized carbons (Fsp3) is 0.400. The topological polar surface area (TPSA) is 92.5 Å². The van der Waals surface area contributed by atoms with E-state index in [1.165, 1.54) is 40.5 Å². The summed E-state index contributed by atoms with van der Waals surface area (Å²) in [6.07, 6.45) is 0. The Labute approximate surface area is 115 Å². The second kappa shape index (κ2) is 5.87. The molecule has 0 unspecified atom stereocenters. The fourth-order valence-electron chi connectivity index (χ4n) is 1.78. The normalized spacial score (nSPS) is 17.9. The van der Waals surface area contributed by atoms with Crippen molar-refractivity contribution in [2.45, 2.75) is 4.90 Å². The van der Waals surface area contributed by atoms with E-state index in [1.807, 2.05) is 0 Å². The Balaban J connectivity index is 2.41. The molecule has 0 aliphatic carbocycles. The molecule has 0 radical (unpaired) electrons. The molecule has 0 atom stereocenters. The van der Waals surface area contributed by atoms with E-state index in [9.17, 15) is 18.5 Å². The highest BCUT2D eigenvalue weighted by atomic mass is 32.2. The van der Waals surface area contributed by atoms with Gasteiger partial charge in [0, 0.05) is 31.5 Å². The van der Waals surface area contributed by atoms with Crippen LogP contribution in [0.1, 0.15) is 0 Å². The van der Waals surface area contributed by atoms with Crippen molar-refractivity contribution in [3.8, 4) is 0 Å². The van der Waals surface area contributed by atoms with Gasteiger partial charge in [0.05, 0.1) is 4.92 Å². The van der Waals surface area contributed by atoms with Crippen LogP contribution in [0, 0.1) is 10.1 Å². The average molecular weight is 303 g/mol. The fourth-order valence-corrected chi connectivity index (χ4v) is 4.19. The Hall–Kier alpha value is -1.16. The van der Waals surface area contributed by atoms with Gasteiger partial charge in [0.1, 0.15) is 0 Å². The van der Waals surface area contributed by atoms with Gasteiger partial charge in [-0.05, 0) is 6.07 Å². The van der Waals surface area contributed by atoms with Gasteiger partial charge >= 0.3 is 0 Å². The number of benzene rings is 1. The summed E-state index contributed by atoms with van der Waals surface area (Å²) in [6.45, 7) is 1.16. The standard InChI is InChI=1S/C10H13N3O4S2/c14-13(15)9-3-1-2-4-10(9)19(16,17)12-6-5-11-18-8-7-12/h1-4,11H,5-8H2. The van der Waals surface area contributed by atoms with Crippen LogP contribution in [0.2, 0.25) is 0 Å². The van der Waals surface area contributed by atoms with Crippen LogP contribution in [0.15, 0.2) is 29.2 Å². The molecule has 0 spiro atoms. The minimum atomic E-state index is -3.82. The molecule has 1 aliphatic rings. The van der Waals surface area contributed by atoms with E-state index >= 15 is 0 Å². The maximum Gasteiger partial charge on any atom is 0.289 e. The van der Waals surface area contributed by atoms with E-state index in [1.54, 1.807) is 0 Å². The van der Waals surface area contributed by atoms with Gasteiger partial charge < -0.3 is 0 Å². The molecule has 1 aromatic carbocycles. The quantitative estimate of drug-likeness (QED) is 0.505. The van der Waals surface area contributed by atoms with E-state index in [4.69, 9.17) is 0 Å².